The Morgan fingerprint density at radius 1 is 1.45 bits per heavy atom. The second-order valence-corrected chi connectivity index (χ2v) is 4.29. The SMILES string of the molecule is CN(CC(F)F)c1c(/C(N)=N/O)cnc2ccccc12. The fourth-order valence-corrected chi connectivity index (χ4v) is 2.08. The number of anilines is 1. The third-order valence-electron chi connectivity index (χ3n) is 2.92. The molecule has 106 valence electrons. The molecule has 0 fully saturated rings. The van der Waals surface area contributed by atoms with Crippen LogP contribution in [0.25, 0.3) is 10.9 Å². The summed E-state index contributed by atoms with van der Waals surface area (Å²) in [6, 6.07) is 7.11. The van der Waals surface area contributed by atoms with Gasteiger partial charge in [0.05, 0.1) is 23.3 Å². The normalized spacial score (nSPS) is 12.1. The number of nitrogens with two attached hydrogens (primary N) is 1. The van der Waals surface area contributed by atoms with E-state index >= 15 is 0 Å². The lowest BCUT2D eigenvalue weighted by molar-refractivity contribution is 0.156. The Morgan fingerprint density at radius 2 is 2.15 bits per heavy atom. The van der Waals surface area contributed by atoms with Crippen molar-refractivity contribution in [2.75, 3.05) is 18.5 Å². The lowest BCUT2D eigenvalue weighted by Crippen LogP contribution is -2.28. The van der Waals surface area contributed by atoms with Gasteiger partial charge >= 0.3 is 0 Å². The van der Waals surface area contributed by atoms with E-state index in [1.807, 2.05) is 0 Å². The van der Waals surface area contributed by atoms with Crippen LogP contribution in [0, 0.1) is 0 Å². The fourth-order valence-electron chi connectivity index (χ4n) is 2.08. The van der Waals surface area contributed by atoms with Crippen molar-refractivity contribution in [1.82, 2.24) is 4.98 Å². The summed E-state index contributed by atoms with van der Waals surface area (Å²) in [4.78, 5) is 5.56. The monoisotopic (exact) mass is 280 g/mol. The fraction of sp³-hybridized carbons (Fsp3) is 0.231. The molecule has 0 amide bonds. The predicted octanol–water partition coefficient (Wildman–Crippen LogP) is 2.03. The quantitative estimate of drug-likeness (QED) is 0.389. The number of benzene rings is 1. The minimum Gasteiger partial charge on any atom is -0.409 e. The number of alkyl halides is 2. The zero-order valence-corrected chi connectivity index (χ0v) is 10.8. The van der Waals surface area contributed by atoms with E-state index in [1.54, 1.807) is 24.3 Å². The van der Waals surface area contributed by atoms with Crippen LogP contribution in [-0.2, 0) is 0 Å². The number of hydrogen-bond donors (Lipinski definition) is 2. The average molecular weight is 280 g/mol. The maximum absolute atomic E-state index is 12.6. The Hall–Kier alpha value is -2.44. The molecule has 0 spiro atoms. The van der Waals surface area contributed by atoms with Gasteiger partial charge < -0.3 is 15.8 Å². The molecule has 0 aliphatic heterocycles. The van der Waals surface area contributed by atoms with Gasteiger partial charge in [-0.2, -0.15) is 0 Å². The van der Waals surface area contributed by atoms with Crippen molar-refractivity contribution in [2.45, 2.75) is 6.43 Å². The third-order valence-corrected chi connectivity index (χ3v) is 2.92. The van der Waals surface area contributed by atoms with Crippen molar-refractivity contribution in [3.63, 3.8) is 0 Å². The van der Waals surface area contributed by atoms with Gasteiger partial charge in [-0.15, -0.1) is 0 Å². The maximum atomic E-state index is 12.6. The summed E-state index contributed by atoms with van der Waals surface area (Å²) in [5, 5.41) is 12.4. The summed E-state index contributed by atoms with van der Waals surface area (Å²) in [5.74, 6) is -0.167. The summed E-state index contributed by atoms with van der Waals surface area (Å²) >= 11 is 0. The molecule has 2 rings (SSSR count). The number of amidine groups is 1. The van der Waals surface area contributed by atoms with Gasteiger partial charge in [0, 0.05) is 18.6 Å². The van der Waals surface area contributed by atoms with E-state index < -0.39 is 13.0 Å². The van der Waals surface area contributed by atoms with Crippen LogP contribution < -0.4 is 10.6 Å². The second kappa shape index (κ2) is 5.68. The van der Waals surface area contributed by atoms with Crippen molar-refractivity contribution in [2.24, 2.45) is 10.9 Å². The first-order valence-electron chi connectivity index (χ1n) is 5.89. The van der Waals surface area contributed by atoms with E-state index in [-0.39, 0.29) is 5.84 Å². The molecule has 20 heavy (non-hydrogen) atoms. The van der Waals surface area contributed by atoms with E-state index in [0.717, 1.165) is 0 Å². The Morgan fingerprint density at radius 3 is 2.80 bits per heavy atom. The number of aromatic nitrogens is 1. The highest BCUT2D eigenvalue weighted by Crippen LogP contribution is 2.29. The third kappa shape index (κ3) is 2.61. The molecule has 0 radical (unpaired) electrons. The number of rotatable bonds is 4. The molecule has 3 N–H and O–H groups in total. The number of hydrogen-bond acceptors (Lipinski definition) is 4. The van der Waals surface area contributed by atoms with Crippen molar-refractivity contribution >= 4 is 22.4 Å². The average Bonchev–Trinajstić information content (AvgIpc) is 2.44. The van der Waals surface area contributed by atoms with Crippen molar-refractivity contribution in [3.05, 3.63) is 36.0 Å². The second-order valence-electron chi connectivity index (χ2n) is 4.29. The highest BCUT2D eigenvalue weighted by molar-refractivity contribution is 6.08. The van der Waals surface area contributed by atoms with Gasteiger partial charge in [-0.1, -0.05) is 23.4 Å². The van der Waals surface area contributed by atoms with Gasteiger partial charge in [-0.05, 0) is 6.07 Å². The Labute approximate surface area is 114 Å². The minimum atomic E-state index is -2.49. The topological polar surface area (TPSA) is 74.7 Å². The lowest BCUT2D eigenvalue weighted by Gasteiger charge is -2.23. The number of nitrogens with zero attached hydrogens (tertiary/aromatic N) is 3. The first-order chi connectivity index (χ1) is 9.54. The lowest BCUT2D eigenvalue weighted by atomic mass is 10.1. The minimum absolute atomic E-state index is 0.167. The number of oxime groups is 1. The van der Waals surface area contributed by atoms with Crippen LogP contribution in [0.3, 0.4) is 0 Å². The molecule has 1 heterocycles. The maximum Gasteiger partial charge on any atom is 0.255 e. The molecule has 1 aromatic carbocycles. The van der Waals surface area contributed by atoms with Crippen LogP contribution in [0.15, 0.2) is 35.6 Å². The molecule has 7 heteroatoms. The summed E-state index contributed by atoms with van der Waals surface area (Å²) in [7, 11) is 1.53. The first kappa shape index (κ1) is 14.0. The molecule has 2 aromatic rings. The summed E-state index contributed by atoms with van der Waals surface area (Å²) in [6.07, 6.45) is -1.08. The summed E-state index contributed by atoms with van der Waals surface area (Å²) in [6.45, 7) is -0.459. The van der Waals surface area contributed by atoms with Gasteiger partial charge in [0.25, 0.3) is 6.43 Å². The van der Waals surface area contributed by atoms with Crippen LogP contribution in [0.5, 0.6) is 0 Å². The smallest absolute Gasteiger partial charge is 0.255 e. The van der Waals surface area contributed by atoms with Gasteiger partial charge in [0.1, 0.15) is 0 Å². The van der Waals surface area contributed by atoms with Crippen LogP contribution in [0.2, 0.25) is 0 Å². The zero-order valence-electron chi connectivity index (χ0n) is 10.8. The Bertz CT molecular complexity index is 645. The van der Waals surface area contributed by atoms with E-state index in [4.69, 9.17) is 10.9 Å². The molecule has 0 unspecified atom stereocenters. The first-order valence-corrected chi connectivity index (χ1v) is 5.89. The molecule has 0 atom stereocenters. The largest absolute Gasteiger partial charge is 0.409 e. The molecule has 5 nitrogen and oxygen atoms in total. The molecule has 0 saturated heterocycles. The van der Waals surface area contributed by atoms with Crippen molar-refractivity contribution in [3.8, 4) is 0 Å². The molecular formula is C13H14F2N4O. The molecule has 0 bridgehead atoms. The van der Waals surface area contributed by atoms with E-state index in [1.165, 1.54) is 18.1 Å². The zero-order chi connectivity index (χ0) is 14.7. The van der Waals surface area contributed by atoms with Gasteiger partial charge in [0.2, 0.25) is 0 Å². The molecule has 0 saturated carbocycles. The van der Waals surface area contributed by atoms with Crippen LogP contribution in [0.1, 0.15) is 5.56 Å². The van der Waals surface area contributed by atoms with E-state index in [9.17, 15) is 8.78 Å². The van der Waals surface area contributed by atoms with Gasteiger partial charge in [-0.3, -0.25) is 4.98 Å². The highest BCUT2D eigenvalue weighted by atomic mass is 19.3. The molecule has 0 aliphatic rings. The molecular weight excluding hydrogens is 266 g/mol. The number of halogens is 2. The highest BCUT2D eigenvalue weighted by Gasteiger charge is 2.18. The number of pyridine rings is 1. The van der Waals surface area contributed by atoms with Crippen LogP contribution in [0.4, 0.5) is 14.5 Å². The molecule has 0 aliphatic carbocycles. The van der Waals surface area contributed by atoms with E-state index in [2.05, 4.69) is 10.1 Å². The molecule has 1 aromatic heterocycles. The number of fused-ring (bicyclic) bond motifs is 1. The van der Waals surface area contributed by atoms with Gasteiger partial charge in [-0.25, -0.2) is 8.78 Å². The summed E-state index contributed by atoms with van der Waals surface area (Å²) in [5.41, 5.74) is 7.03. The Kier molecular flexibility index (Phi) is 3.97. The van der Waals surface area contributed by atoms with Crippen LogP contribution in [-0.4, -0.2) is 36.0 Å². The summed E-state index contributed by atoms with van der Waals surface area (Å²) < 4.78 is 25.2. The standard InChI is InChI=1S/C13H14F2N4O/c1-19(7-11(14)15)12-8-4-2-3-5-10(8)17-6-9(12)13(16)18-20/h2-6,11,20H,7H2,1H3,(H2,16,18). The van der Waals surface area contributed by atoms with Gasteiger partial charge in [0.15, 0.2) is 5.84 Å². The Balaban J connectivity index is 2.67. The van der Waals surface area contributed by atoms with E-state index in [0.29, 0.717) is 22.2 Å². The predicted molar refractivity (Wildman–Crippen MR) is 73.5 cm³/mol. The van der Waals surface area contributed by atoms with Crippen molar-refractivity contribution < 1.29 is 14.0 Å². The van der Waals surface area contributed by atoms with Crippen molar-refractivity contribution in [1.29, 1.82) is 0 Å². The number of para-hydroxylation sites is 1. The van der Waals surface area contributed by atoms with Crippen LogP contribution >= 0.6 is 0 Å².